The van der Waals surface area contributed by atoms with Crippen LogP contribution in [0, 0.1) is 6.92 Å². The first-order valence-corrected chi connectivity index (χ1v) is 7.65. The molecule has 0 aliphatic carbocycles. The average Bonchev–Trinajstić information content (AvgIpc) is 3.02. The first-order chi connectivity index (χ1) is 11.1. The van der Waals surface area contributed by atoms with Crippen LogP contribution in [0.3, 0.4) is 0 Å². The number of hydrogen-bond acceptors (Lipinski definition) is 2. The molecule has 0 fully saturated rings. The van der Waals surface area contributed by atoms with Crippen LogP contribution in [0.15, 0.2) is 71.2 Å². The Kier molecular flexibility index (Phi) is 4.45. The molecule has 1 heterocycles. The minimum atomic E-state index is -0.0549. The monoisotopic (exact) mass is 322 g/mol. The van der Waals surface area contributed by atoms with E-state index in [1.807, 2.05) is 67.6 Å². The molecule has 0 radical (unpaired) electrons. The highest BCUT2D eigenvalue weighted by molar-refractivity contribution is 6.33. The summed E-state index contributed by atoms with van der Waals surface area (Å²) in [6.45, 7) is 1.99. The maximum Gasteiger partial charge on any atom is 0.185 e. The van der Waals surface area contributed by atoms with Crippen LogP contribution in [0.5, 0.6) is 0 Å². The Morgan fingerprint density at radius 2 is 1.74 bits per heavy atom. The lowest BCUT2D eigenvalue weighted by atomic mass is 10.1. The molecule has 3 rings (SSSR count). The van der Waals surface area contributed by atoms with Crippen molar-refractivity contribution in [2.45, 2.75) is 6.92 Å². The molecule has 0 N–H and O–H groups in total. The lowest BCUT2D eigenvalue weighted by Gasteiger charge is -1.99. The number of ketones is 1. The van der Waals surface area contributed by atoms with Crippen molar-refractivity contribution in [3.05, 3.63) is 88.6 Å². The third kappa shape index (κ3) is 3.61. The summed E-state index contributed by atoms with van der Waals surface area (Å²) < 4.78 is 5.73. The number of rotatable bonds is 4. The highest BCUT2D eigenvalue weighted by Gasteiger charge is 2.07. The maximum absolute atomic E-state index is 12.1. The maximum atomic E-state index is 12.1. The van der Waals surface area contributed by atoms with E-state index in [0.717, 1.165) is 11.1 Å². The summed E-state index contributed by atoms with van der Waals surface area (Å²) in [4.78, 5) is 12.1. The average molecular weight is 323 g/mol. The SMILES string of the molecule is Cc1ccc(C(=O)/C=C/c2ccc(-c3ccccc3Cl)o2)cc1. The van der Waals surface area contributed by atoms with Crippen LogP contribution < -0.4 is 0 Å². The number of furan rings is 1. The van der Waals surface area contributed by atoms with Crippen molar-refractivity contribution < 1.29 is 9.21 Å². The number of carbonyl (C=O) groups is 1. The van der Waals surface area contributed by atoms with Gasteiger partial charge in [-0.2, -0.15) is 0 Å². The summed E-state index contributed by atoms with van der Waals surface area (Å²) in [7, 11) is 0. The van der Waals surface area contributed by atoms with Crippen LogP contribution in [0.1, 0.15) is 21.7 Å². The fourth-order valence-corrected chi connectivity index (χ4v) is 2.45. The molecule has 2 aromatic carbocycles. The smallest absolute Gasteiger partial charge is 0.185 e. The van der Waals surface area contributed by atoms with Gasteiger partial charge < -0.3 is 4.42 Å². The molecule has 3 heteroatoms. The lowest BCUT2D eigenvalue weighted by Crippen LogP contribution is -1.93. The van der Waals surface area contributed by atoms with Crippen molar-refractivity contribution in [3.63, 3.8) is 0 Å². The van der Waals surface area contributed by atoms with Gasteiger partial charge in [0.15, 0.2) is 5.78 Å². The molecule has 0 saturated carbocycles. The Labute approximate surface area is 140 Å². The molecular weight excluding hydrogens is 308 g/mol. The van der Waals surface area contributed by atoms with E-state index in [9.17, 15) is 4.79 Å². The van der Waals surface area contributed by atoms with Crippen molar-refractivity contribution in [3.8, 4) is 11.3 Å². The van der Waals surface area contributed by atoms with Crippen LogP contribution in [0.25, 0.3) is 17.4 Å². The van der Waals surface area contributed by atoms with Crippen LogP contribution in [-0.4, -0.2) is 5.78 Å². The van der Waals surface area contributed by atoms with Gasteiger partial charge in [-0.05, 0) is 43.3 Å². The van der Waals surface area contributed by atoms with Crippen LogP contribution in [0.2, 0.25) is 5.02 Å². The van der Waals surface area contributed by atoms with Gasteiger partial charge in [0.05, 0.1) is 5.02 Å². The molecule has 0 unspecified atom stereocenters. The van der Waals surface area contributed by atoms with Crippen molar-refractivity contribution >= 4 is 23.5 Å². The zero-order valence-corrected chi connectivity index (χ0v) is 13.4. The van der Waals surface area contributed by atoms with E-state index in [-0.39, 0.29) is 5.78 Å². The summed E-state index contributed by atoms with van der Waals surface area (Å²) in [5.41, 5.74) is 2.62. The van der Waals surface area contributed by atoms with Gasteiger partial charge in [-0.3, -0.25) is 4.79 Å². The van der Waals surface area contributed by atoms with Gasteiger partial charge in [-0.15, -0.1) is 0 Å². The van der Waals surface area contributed by atoms with E-state index in [1.165, 1.54) is 6.08 Å². The molecular formula is C20H15ClO2. The Morgan fingerprint density at radius 3 is 2.48 bits per heavy atom. The second-order valence-corrected chi connectivity index (χ2v) is 5.65. The third-order valence-corrected chi connectivity index (χ3v) is 3.83. The summed E-state index contributed by atoms with van der Waals surface area (Å²) >= 11 is 6.16. The number of hydrogen-bond donors (Lipinski definition) is 0. The van der Waals surface area contributed by atoms with Crippen molar-refractivity contribution in [2.24, 2.45) is 0 Å². The van der Waals surface area contributed by atoms with Gasteiger partial charge >= 0.3 is 0 Å². The molecule has 3 aromatic rings. The van der Waals surface area contributed by atoms with Gasteiger partial charge in [0.25, 0.3) is 0 Å². The largest absolute Gasteiger partial charge is 0.457 e. The predicted octanol–water partition coefficient (Wildman–Crippen LogP) is 5.80. The van der Waals surface area contributed by atoms with Gasteiger partial charge in [0.1, 0.15) is 11.5 Å². The fourth-order valence-electron chi connectivity index (χ4n) is 2.22. The number of benzene rings is 2. The Hall–Kier alpha value is -2.58. The molecule has 0 atom stereocenters. The summed E-state index contributed by atoms with van der Waals surface area (Å²) in [6.07, 6.45) is 3.18. The second-order valence-electron chi connectivity index (χ2n) is 5.25. The van der Waals surface area contributed by atoms with E-state index < -0.39 is 0 Å². The minimum absolute atomic E-state index is 0.0549. The predicted molar refractivity (Wildman–Crippen MR) is 93.7 cm³/mol. The van der Waals surface area contributed by atoms with Gasteiger partial charge in [-0.25, -0.2) is 0 Å². The first-order valence-electron chi connectivity index (χ1n) is 7.27. The molecule has 0 aliphatic heterocycles. The highest BCUT2D eigenvalue weighted by atomic mass is 35.5. The van der Waals surface area contributed by atoms with Crippen LogP contribution in [-0.2, 0) is 0 Å². The fraction of sp³-hybridized carbons (Fsp3) is 0.0500. The molecule has 1 aromatic heterocycles. The number of allylic oxidation sites excluding steroid dienone is 1. The zero-order chi connectivity index (χ0) is 16.2. The lowest BCUT2D eigenvalue weighted by molar-refractivity contribution is 0.104. The number of carbonyl (C=O) groups excluding carboxylic acids is 1. The Balaban J connectivity index is 1.77. The topological polar surface area (TPSA) is 30.2 Å². The summed E-state index contributed by atoms with van der Waals surface area (Å²) in [5.74, 6) is 1.24. The quantitative estimate of drug-likeness (QED) is 0.448. The summed E-state index contributed by atoms with van der Waals surface area (Å²) in [6, 6.07) is 18.6. The standard InChI is InChI=1S/C20H15ClO2/c1-14-6-8-15(9-7-14)19(22)12-10-16-11-13-20(23-16)17-4-2-3-5-18(17)21/h2-13H,1H3/b12-10+. The Bertz CT molecular complexity index is 857. The van der Waals surface area contributed by atoms with E-state index in [4.69, 9.17) is 16.0 Å². The summed E-state index contributed by atoms with van der Waals surface area (Å²) in [5, 5.41) is 0.633. The van der Waals surface area contributed by atoms with E-state index in [2.05, 4.69) is 0 Å². The van der Waals surface area contributed by atoms with E-state index in [0.29, 0.717) is 22.1 Å². The second kappa shape index (κ2) is 6.67. The Morgan fingerprint density at radius 1 is 1.00 bits per heavy atom. The molecule has 0 saturated heterocycles. The highest BCUT2D eigenvalue weighted by Crippen LogP contribution is 2.29. The molecule has 114 valence electrons. The van der Waals surface area contributed by atoms with Gasteiger partial charge in [-0.1, -0.05) is 53.6 Å². The molecule has 2 nitrogen and oxygen atoms in total. The zero-order valence-electron chi connectivity index (χ0n) is 12.6. The minimum Gasteiger partial charge on any atom is -0.457 e. The third-order valence-electron chi connectivity index (χ3n) is 3.50. The number of aryl methyl sites for hydroxylation is 1. The van der Waals surface area contributed by atoms with Crippen LogP contribution in [0.4, 0.5) is 0 Å². The van der Waals surface area contributed by atoms with Crippen LogP contribution >= 0.6 is 11.6 Å². The van der Waals surface area contributed by atoms with Gasteiger partial charge in [0, 0.05) is 11.1 Å². The first kappa shape index (κ1) is 15.3. The normalized spacial score (nSPS) is 11.0. The van der Waals surface area contributed by atoms with Crippen molar-refractivity contribution in [1.29, 1.82) is 0 Å². The molecule has 0 aliphatic rings. The van der Waals surface area contributed by atoms with E-state index >= 15 is 0 Å². The van der Waals surface area contributed by atoms with Crippen molar-refractivity contribution in [2.75, 3.05) is 0 Å². The number of halogens is 1. The molecule has 0 spiro atoms. The van der Waals surface area contributed by atoms with Gasteiger partial charge in [0.2, 0.25) is 0 Å². The van der Waals surface area contributed by atoms with Crippen molar-refractivity contribution in [1.82, 2.24) is 0 Å². The molecule has 23 heavy (non-hydrogen) atoms. The molecule has 0 bridgehead atoms. The molecule has 0 amide bonds. The van der Waals surface area contributed by atoms with E-state index in [1.54, 1.807) is 6.08 Å².